The summed E-state index contributed by atoms with van der Waals surface area (Å²) in [6.45, 7) is 11.4. The molecule has 1 saturated heterocycles. The third-order valence-electron chi connectivity index (χ3n) is 6.66. The van der Waals surface area contributed by atoms with Gasteiger partial charge in [-0.3, -0.25) is 4.90 Å². The van der Waals surface area contributed by atoms with Gasteiger partial charge in [-0.15, -0.1) is 0 Å². The molecule has 2 heterocycles. The predicted molar refractivity (Wildman–Crippen MR) is 112 cm³/mol. The minimum atomic E-state index is 0.316. The lowest BCUT2D eigenvalue weighted by Gasteiger charge is -2.44. The summed E-state index contributed by atoms with van der Waals surface area (Å²) in [6.07, 6.45) is 6.90. The maximum Gasteiger partial charge on any atom is 0.117 e. The number of allylic oxidation sites excluding steroid dienone is 3. The summed E-state index contributed by atoms with van der Waals surface area (Å²) in [5.74, 6) is 2.05. The highest BCUT2D eigenvalue weighted by atomic mass is 16.3. The Bertz CT molecular complexity index is 796. The summed E-state index contributed by atoms with van der Waals surface area (Å²) >= 11 is 0. The Morgan fingerprint density at radius 3 is 2.48 bits per heavy atom. The van der Waals surface area contributed by atoms with Crippen molar-refractivity contribution in [1.82, 2.24) is 4.90 Å². The summed E-state index contributed by atoms with van der Waals surface area (Å²) in [4.78, 5) is 5.03. The van der Waals surface area contributed by atoms with Crippen molar-refractivity contribution in [2.75, 3.05) is 24.6 Å². The van der Waals surface area contributed by atoms with Gasteiger partial charge < -0.3 is 10.0 Å². The van der Waals surface area contributed by atoms with Crippen LogP contribution in [0.2, 0.25) is 0 Å². The van der Waals surface area contributed by atoms with Crippen LogP contribution in [0.15, 0.2) is 59.1 Å². The van der Waals surface area contributed by atoms with Crippen LogP contribution in [0.3, 0.4) is 0 Å². The first-order valence-corrected chi connectivity index (χ1v) is 10.5. The first-order chi connectivity index (χ1) is 13.1. The van der Waals surface area contributed by atoms with Gasteiger partial charge in [0.1, 0.15) is 5.82 Å². The van der Waals surface area contributed by atoms with Crippen LogP contribution in [0.5, 0.6) is 0 Å². The van der Waals surface area contributed by atoms with Crippen LogP contribution in [0, 0.1) is 12.8 Å². The van der Waals surface area contributed by atoms with Crippen molar-refractivity contribution in [1.29, 1.82) is 0 Å². The van der Waals surface area contributed by atoms with Gasteiger partial charge in [-0.25, -0.2) is 0 Å². The summed E-state index contributed by atoms with van der Waals surface area (Å²) in [6, 6.07) is 8.67. The number of hydrogen-bond donors (Lipinski definition) is 1. The number of fused-ring (bicyclic) bond motifs is 1. The number of aliphatic hydroxyl groups is 1. The molecule has 1 aromatic rings. The highest BCUT2D eigenvalue weighted by Gasteiger charge is 2.35. The smallest absolute Gasteiger partial charge is 0.117 e. The zero-order chi connectivity index (χ0) is 19.0. The standard InChI is InChI=1S/C24H32N2O/c1-17-7-4-5-10-23(17)26-19(3)18(2)21-8-6-9-22(21)24(26)25-14-11-20(12-15-25)13-16-27/h4-5,7,10,20,27H,3,6,8-9,11-16H2,1-2H3. The molecule has 1 saturated carbocycles. The van der Waals surface area contributed by atoms with Gasteiger partial charge in [0.05, 0.1) is 5.69 Å². The average Bonchev–Trinajstić information content (AvgIpc) is 3.16. The second-order valence-corrected chi connectivity index (χ2v) is 8.27. The topological polar surface area (TPSA) is 26.7 Å². The quantitative estimate of drug-likeness (QED) is 0.802. The summed E-state index contributed by atoms with van der Waals surface area (Å²) in [7, 11) is 0. The van der Waals surface area contributed by atoms with Gasteiger partial charge in [0.2, 0.25) is 0 Å². The summed E-state index contributed by atoms with van der Waals surface area (Å²) in [5, 5.41) is 9.29. The average molecular weight is 365 g/mol. The monoisotopic (exact) mass is 364 g/mol. The Morgan fingerprint density at radius 2 is 1.78 bits per heavy atom. The van der Waals surface area contributed by atoms with Crippen molar-refractivity contribution in [3.63, 3.8) is 0 Å². The van der Waals surface area contributed by atoms with Crippen LogP contribution in [-0.4, -0.2) is 29.7 Å². The van der Waals surface area contributed by atoms with E-state index in [4.69, 9.17) is 0 Å². The van der Waals surface area contributed by atoms with Gasteiger partial charge >= 0.3 is 0 Å². The van der Waals surface area contributed by atoms with Crippen molar-refractivity contribution in [2.45, 2.75) is 52.4 Å². The van der Waals surface area contributed by atoms with Gasteiger partial charge in [-0.2, -0.15) is 0 Å². The highest BCUT2D eigenvalue weighted by molar-refractivity contribution is 5.71. The fraction of sp³-hybridized carbons (Fsp3) is 0.500. The molecule has 0 aromatic heterocycles. The number of anilines is 1. The van der Waals surface area contributed by atoms with E-state index in [0.717, 1.165) is 25.2 Å². The Balaban J connectivity index is 1.75. The Hall–Kier alpha value is -2.00. The molecule has 2 aliphatic heterocycles. The van der Waals surface area contributed by atoms with Gasteiger partial charge in [0, 0.05) is 25.4 Å². The number of rotatable bonds is 4. The molecule has 0 radical (unpaired) electrons. The maximum atomic E-state index is 9.29. The van der Waals surface area contributed by atoms with Crippen molar-refractivity contribution < 1.29 is 5.11 Å². The molecule has 3 heteroatoms. The molecule has 0 bridgehead atoms. The Kier molecular flexibility index (Phi) is 5.14. The lowest BCUT2D eigenvalue weighted by Crippen LogP contribution is -2.42. The molecule has 3 nitrogen and oxygen atoms in total. The Labute approximate surface area is 163 Å². The van der Waals surface area contributed by atoms with E-state index < -0.39 is 0 Å². The second-order valence-electron chi connectivity index (χ2n) is 8.27. The molecule has 2 fully saturated rings. The second kappa shape index (κ2) is 7.55. The fourth-order valence-corrected chi connectivity index (χ4v) is 5.03. The number of para-hydroxylation sites is 1. The third kappa shape index (κ3) is 3.23. The lowest BCUT2D eigenvalue weighted by molar-refractivity contribution is 0.182. The van der Waals surface area contributed by atoms with Crippen LogP contribution in [0.4, 0.5) is 5.69 Å². The number of piperidine rings is 1. The van der Waals surface area contributed by atoms with Gasteiger partial charge in [0.25, 0.3) is 0 Å². The predicted octanol–water partition coefficient (Wildman–Crippen LogP) is 5.14. The lowest BCUT2D eigenvalue weighted by atomic mass is 9.91. The van der Waals surface area contributed by atoms with Crippen LogP contribution in [-0.2, 0) is 0 Å². The van der Waals surface area contributed by atoms with Crippen LogP contribution >= 0.6 is 0 Å². The summed E-state index contributed by atoms with van der Waals surface area (Å²) in [5.41, 5.74) is 8.14. The molecule has 0 spiro atoms. The number of nitrogens with zero attached hydrogens (tertiary/aromatic N) is 2. The normalized spacial score (nSPS) is 21.4. The van der Waals surface area contributed by atoms with E-state index in [1.54, 1.807) is 5.57 Å². The third-order valence-corrected chi connectivity index (χ3v) is 6.66. The van der Waals surface area contributed by atoms with Crippen molar-refractivity contribution in [2.24, 2.45) is 5.92 Å². The molecule has 0 atom stereocenters. The number of aliphatic hydroxyl groups excluding tert-OH is 1. The van der Waals surface area contributed by atoms with E-state index in [0.29, 0.717) is 12.5 Å². The van der Waals surface area contributed by atoms with E-state index in [1.807, 2.05) is 0 Å². The van der Waals surface area contributed by atoms with Crippen molar-refractivity contribution in [3.8, 4) is 0 Å². The molecule has 3 aliphatic rings. The highest BCUT2D eigenvalue weighted by Crippen LogP contribution is 2.46. The minimum Gasteiger partial charge on any atom is -0.396 e. The first-order valence-electron chi connectivity index (χ1n) is 10.5. The number of benzene rings is 1. The molecule has 1 N–H and O–H groups in total. The molecule has 27 heavy (non-hydrogen) atoms. The minimum absolute atomic E-state index is 0.316. The first kappa shape index (κ1) is 18.4. The molecule has 1 aliphatic carbocycles. The van der Waals surface area contributed by atoms with E-state index in [-0.39, 0.29) is 0 Å². The molecular formula is C24H32N2O. The number of hydrogen-bond acceptors (Lipinski definition) is 3. The number of aryl methyl sites for hydroxylation is 1. The van der Waals surface area contributed by atoms with E-state index in [2.05, 4.69) is 54.5 Å². The van der Waals surface area contributed by atoms with Crippen LogP contribution < -0.4 is 4.90 Å². The van der Waals surface area contributed by atoms with Crippen molar-refractivity contribution in [3.05, 3.63) is 64.6 Å². The van der Waals surface area contributed by atoms with Gasteiger partial charge in [0.15, 0.2) is 0 Å². The van der Waals surface area contributed by atoms with E-state index in [9.17, 15) is 5.11 Å². The number of likely N-dealkylation sites (tertiary alicyclic amines) is 1. The molecule has 1 aromatic carbocycles. The molecule has 0 unspecified atom stereocenters. The van der Waals surface area contributed by atoms with Crippen molar-refractivity contribution >= 4 is 5.69 Å². The largest absolute Gasteiger partial charge is 0.396 e. The zero-order valence-electron chi connectivity index (χ0n) is 16.8. The van der Waals surface area contributed by atoms with Crippen LogP contribution in [0.1, 0.15) is 51.0 Å². The Morgan fingerprint density at radius 1 is 1.07 bits per heavy atom. The molecule has 144 valence electrons. The molecular weight excluding hydrogens is 332 g/mol. The fourth-order valence-electron chi connectivity index (χ4n) is 5.03. The molecule has 4 rings (SSSR count). The SMILES string of the molecule is C=C1C(C)=C2CCCC2=C(N2CCC(CCO)CC2)N1c1ccccc1C. The van der Waals surface area contributed by atoms with Crippen LogP contribution in [0.25, 0.3) is 0 Å². The maximum absolute atomic E-state index is 9.29. The summed E-state index contributed by atoms with van der Waals surface area (Å²) < 4.78 is 0. The van der Waals surface area contributed by atoms with Gasteiger partial charge in [-0.1, -0.05) is 24.8 Å². The van der Waals surface area contributed by atoms with E-state index in [1.165, 1.54) is 60.3 Å². The molecule has 0 amide bonds. The van der Waals surface area contributed by atoms with E-state index >= 15 is 0 Å². The van der Waals surface area contributed by atoms with Gasteiger partial charge in [-0.05, 0) is 86.6 Å². The zero-order valence-corrected chi connectivity index (χ0v) is 16.8.